The summed E-state index contributed by atoms with van der Waals surface area (Å²) in [5.41, 5.74) is 0. The number of aliphatic carboxylic acids is 1. The van der Waals surface area contributed by atoms with Crippen molar-refractivity contribution in [2.24, 2.45) is 0 Å². The molecule has 0 atom stereocenters. The van der Waals surface area contributed by atoms with E-state index in [4.69, 9.17) is 16.7 Å². The van der Waals surface area contributed by atoms with Gasteiger partial charge in [0, 0.05) is 5.03 Å². The second kappa shape index (κ2) is 7.17. The van der Waals surface area contributed by atoms with Crippen molar-refractivity contribution in [3.63, 3.8) is 0 Å². The first-order valence-corrected chi connectivity index (χ1v) is 4.61. The van der Waals surface area contributed by atoms with Gasteiger partial charge in [0.15, 0.2) is 0 Å². The van der Waals surface area contributed by atoms with E-state index in [0.29, 0.717) is 5.03 Å². The van der Waals surface area contributed by atoms with E-state index in [1.54, 1.807) is 6.08 Å². The van der Waals surface area contributed by atoms with Crippen LogP contribution < -0.4 is 0 Å². The Bertz CT molecular complexity index is 164. The molecule has 70 valence electrons. The number of rotatable bonds is 6. The molecular weight excluding hydrogens is 176 g/mol. The number of unbranched alkanes of at least 4 members (excludes halogenated alkanes) is 2. The third kappa shape index (κ3) is 7.61. The van der Waals surface area contributed by atoms with E-state index < -0.39 is 5.97 Å². The van der Waals surface area contributed by atoms with Crippen LogP contribution in [0.15, 0.2) is 11.1 Å². The monoisotopic (exact) mass is 190 g/mol. The summed E-state index contributed by atoms with van der Waals surface area (Å²) in [4.78, 5) is 10.1. The number of hydrogen-bond donors (Lipinski definition) is 1. The Morgan fingerprint density at radius 1 is 1.50 bits per heavy atom. The number of carbonyl (C=O) groups is 1. The molecule has 0 aromatic heterocycles. The molecule has 0 aliphatic rings. The predicted molar refractivity (Wildman–Crippen MR) is 50.3 cm³/mol. The fraction of sp³-hybridized carbons (Fsp3) is 0.667. The largest absolute Gasteiger partial charge is 0.481 e. The van der Waals surface area contributed by atoms with E-state index in [2.05, 4.69) is 6.92 Å². The first-order chi connectivity index (χ1) is 5.66. The molecule has 0 saturated carbocycles. The summed E-state index contributed by atoms with van der Waals surface area (Å²) in [6.45, 7) is 2.12. The first-order valence-electron chi connectivity index (χ1n) is 4.23. The maximum Gasteiger partial charge on any atom is 0.307 e. The maximum atomic E-state index is 10.1. The van der Waals surface area contributed by atoms with Crippen molar-refractivity contribution in [3.05, 3.63) is 11.1 Å². The summed E-state index contributed by atoms with van der Waals surface area (Å²) in [7, 11) is 0. The molecule has 0 saturated heterocycles. The zero-order valence-electron chi connectivity index (χ0n) is 7.35. The van der Waals surface area contributed by atoms with Gasteiger partial charge >= 0.3 is 5.97 Å². The lowest BCUT2D eigenvalue weighted by Crippen LogP contribution is -1.90. The third-order valence-electron chi connectivity index (χ3n) is 1.52. The third-order valence-corrected chi connectivity index (χ3v) is 1.86. The normalized spacial score (nSPS) is 11.7. The quantitative estimate of drug-likeness (QED) is 0.654. The Kier molecular flexibility index (Phi) is 6.87. The maximum absolute atomic E-state index is 10.1. The van der Waals surface area contributed by atoms with Gasteiger partial charge < -0.3 is 5.11 Å². The number of carboxylic acid groups (broad SMARTS) is 1. The molecule has 3 heteroatoms. The molecule has 0 radical (unpaired) electrons. The summed E-state index contributed by atoms with van der Waals surface area (Å²) < 4.78 is 0. The van der Waals surface area contributed by atoms with Gasteiger partial charge in [-0.15, -0.1) is 0 Å². The SMILES string of the molecule is CCCCC/C(Cl)=C/CC(=O)O. The summed E-state index contributed by atoms with van der Waals surface area (Å²) in [6.07, 6.45) is 5.76. The zero-order valence-corrected chi connectivity index (χ0v) is 8.10. The molecule has 0 aromatic carbocycles. The molecule has 0 bridgehead atoms. The van der Waals surface area contributed by atoms with E-state index >= 15 is 0 Å². The van der Waals surface area contributed by atoms with Crippen molar-refractivity contribution in [1.82, 2.24) is 0 Å². The van der Waals surface area contributed by atoms with Crippen LogP contribution in [0.5, 0.6) is 0 Å². The van der Waals surface area contributed by atoms with E-state index in [1.165, 1.54) is 0 Å². The Labute approximate surface area is 78.2 Å². The number of hydrogen-bond acceptors (Lipinski definition) is 1. The van der Waals surface area contributed by atoms with Crippen molar-refractivity contribution < 1.29 is 9.90 Å². The van der Waals surface area contributed by atoms with Crippen LogP contribution in [0.3, 0.4) is 0 Å². The Morgan fingerprint density at radius 2 is 2.17 bits per heavy atom. The second-order valence-electron chi connectivity index (χ2n) is 2.71. The molecule has 0 aliphatic carbocycles. The Hall–Kier alpha value is -0.500. The van der Waals surface area contributed by atoms with Crippen molar-refractivity contribution >= 4 is 17.6 Å². The second-order valence-corrected chi connectivity index (χ2v) is 3.19. The molecule has 0 aliphatic heterocycles. The van der Waals surface area contributed by atoms with Crippen molar-refractivity contribution in [1.29, 1.82) is 0 Å². The molecule has 1 N–H and O–H groups in total. The summed E-state index contributed by atoms with van der Waals surface area (Å²) in [6, 6.07) is 0. The molecule has 12 heavy (non-hydrogen) atoms. The number of carboxylic acids is 1. The average Bonchev–Trinajstić information content (AvgIpc) is 2.01. The van der Waals surface area contributed by atoms with Gasteiger partial charge in [0.25, 0.3) is 0 Å². The topological polar surface area (TPSA) is 37.3 Å². The fourth-order valence-corrected chi connectivity index (χ4v) is 1.05. The van der Waals surface area contributed by atoms with E-state index in [0.717, 1.165) is 25.7 Å². The minimum atomic E-state index is -0.830. The van der Waals surface area contributed by atoms with Crippen molar-refractivity contribution in [2.75, 3.05) is 0 Å². The van der Waals surface area contributed by atoms with Gasteiger partial charge in [-0.2, -0.15) is 0 Å². The van der Waals surface area contributed by atoms with Crippen LogP contribution in [0.1, 0.15) is 39.0 Å². The molecule has 0 spiro atoms. The smallest absolute Gasteiger partial charge is 0.307 e. The molecule has 0 heterocycles. The van der Waals surface area contributed by atoms with E-state index in [9.17, 15) is 4.79 Å². The summed E-state index contributed by atoms with van der Waals surface area (Å²) in [5, 5.41) is 9.00. The van der Waals surface area contributed by atoms with Gasteiger partial charge in [-0.3, -0.25) is 4.79 Å². The highest BCUT2D eigenvalue weighted by atomic mass is 35.5. The van der Waals surface area contributed by atoms with Crippen LogP contribution in [0.4, 0.5) is 0 Å². The lowest BCUT2D eigenvalue weighted by atomic mass is 10.2. The highest BCUT2D eigenvalue weighted by Crippen LogP contribution is 2.13. The van der Waals surface area contributed by atoms with Crippen LogP contribution in [0.25, 0.3) is 0 Å². The predicted octanol–water partition coefficient (Wildman–Crippen LogP) is 3.16. The Morgan fingerprint density at radius 3 is 2.67 bits per heavy atom. The van der Waals surface area contributed by atoms with Gasteiger partial charge in [0.1, 0.15) is 0 Å². The zero-order chi connectivity index (χ0) is 9.40. The van der Waals surface area contributed by atoms with Crippen LogP contribution >= 0.6 is 11.6 Å². The molecule has 0 amide bonds. The number of halogens is 1. The van der Waals surface area contributed by atoms with Crippen LogP contribution in [0.2, 0.25) is 0 Å². The molecule has 0 fully saturated rings. The number of allylic oxidation sites excluding steroid dienone is 1. The lowest BCUT2D eigenvalue weighted by molar-refractivity contribution is -0.136. The van der Waals surface area contributed by atoms with Crippen molar-refractivity contribution in [3.8, 4) is 0 Å². The average molecular weight is 191 g/mol. The molecule has 0 unspecified atom stereocenters. The molecule has 0 rings (SSSR count). The van der Waals surface area contributed by atoms with Crippen LogP contribution in [0, 0.1) is 0 Å². The first kappa shape index (κ1) is 11.5. The summed E-state index contributed by atoms with van der Waals surface area (Å²) >= 11 is 5.76. The van der Waals surface area contributed by atoms with Crippen molar-refractivity contribution in [2.45, 2.75) is 39.0 Å². The van der Waals surface area contributed by atoms with Gasteiger partial charge in [-0.05, 0) is 12.8 Å². The lowest BCUT2D eigenvalue weighted by Gasteiger charge is -1.96. The standard InChI is InChI=1S/C9H15ClO2/c1-2-3-4-5-8(10)6-7-9(11)12/h6H,2-5,7H2,1H3,(H,11,12)/b8-6-. The summed E-state index contributed by atoms with van der Waals surface area (Å²) in [5.74, 6) is -0.830. The van der Waals surface area contributed by atoms with Crippen LogP contribution in [-0.4, -0.2) is 11.1 Å². The van der Waals surface area contributed by atoms with E-state index in [-0.39, 0.29) is 6.42 Å². The van der Waals surface area contributed by atoms with E-state index in [1.807, 2.05) is 0 Å². The minimum Gasteiger partial charge on any atom is -0.481 e. The van der Waals surface area contributed by atoms with Crippen LogP contribution in [-0.2, 0) is 4.79 Å². The molecule has 2 nitrogen and oxygen atoms in total. The molecule has 0 aromatic rings. The van der Waals surface area contributed by atoms with Gasteiger partial charge in [0.05, 0.1) is 6.42 Å². The van der Waals surface area contributed by atoms with Gasteiger partial charge in [-0.1, -0.05) is 37.4 Å². The highest BCUT2D eigenvalue weighted by molar-refractivity contribution is 6.29. The minimum absolute atomic E-state index is 0.0327. The molecular formula is C9H15ClO2. The Balaban J connectivity index is 3.49. The fourth-order valence-electron chi connectivity index (χ4n) is 0.844. The van der Waals surface area contributed by atoms with Gasteiger partial charge in [0.2, 0.25) is 0 Å². The highest BCUT2D eigenvalue weighted by Gasteiger charge is 1.95. The van der Waals surface area contributed by atoms with Gasteiger partial charge in [-0.25, -0.2) is 0 Å².